The van der Waals surface area contributed by atoms with E-state index in [9.17, 15) is 0 Å². The Bertz CT molecular complexity index is 3890. The van der Waals surface area contributed by atoms with E-state index in [-0.39, 0.29) is 0 Å². The van der Waals surface area contributed by atoms with Crippen molar-refractivity contribution in [2.45, 2.75) is 0 Å². The maximum atomic E-state index is 6.53. The summed E-state index contributed by atoms with van der Waals surface area (Å²) in [6.07, 6.45) is 0. The molecular weight excluding hydrogens is 795 g/mol. The zero-order valence-electron chi connectivity index (χ0n) is 35.2. The molecule has 0 unspecified atom stereocenters. The maximum Gasteiger partial charge on any atom is 0.137 e. The van der Waals surface area contributed by atoms with Gasteiger partial charge in [-0.1, -0.05) is 133 Å². The Kier molecular flexibility index (Phi) is 8.46. The van der Waals surface area contributed by atoms with Crippen LogP contribution in [0.3, 0.4) is 0 Å². The quantitative estimate of drug-likeness (QED) is 0.153. The molecule has 13 aromatic rings. The van der Waals surface area contributed by atoms with Crippen LogP contribution in [-0.4, -0.2) is 4.57 Å². The molecule has 0 aliphatic carbocycles. The van der Waals surface area contributed by atoms with Crippen LogP contribution in [0.5, 0.6) is 0 Å². The highest BCUT2D eigenvalue weighted by atomic mass is 16.3. The zero-order valence-corrected chi connectivity index (χ0v) is 35.2. The molecule has 0 aliphatic rings. The molecule has 0 fully saturated rings. The van der Waals surface area contributed by atoms with E-state index in [0.717, 1.165) is 105 Å². The number of benzene rings is 10. The molecule has 3 aromatic heterocycles. The lowest BCUT2D eigenvalue weighted by Gasteiger charge is -2.30. The smallest absolute Gasteiger partial charge is 0.137 e. The SMILES string of the molecule is c1ccc(-c2ccc(-n3c4ccccc4c4c(N(c5ccccc5)c5ccc6oc7ccccc7c6c5)cc(N(c5ccccc5)c5ccc6c(c5)oc5ccccc56)cc43)cc2)cc1. The molecule has 0 N–H and O–H groups in total. The predicted octanol–water partition coefficient (Wildman–Crippen LogP) is 17.2. The molecule has 10 aromatic carbocycles. The van der Waals surface area contributed by atoms with Crippen LogP contribution in [-0.2, 0) is 0 Å². The molecule has 0 radical (unpaired) electrons. The summed E-state index contributed by atoms with van der Waals surface area (Å²) in [5.41, 5.74) is 15.2. The fourth-order valence-corrected chi connectivity index (χ4v) is 9.81. The van der Waals surface area contributed by atoms with E-state index < -0.39 is 0 Å². The Morgan fingerprint density at radius 3 is 1.54 bits per heavy atom. The number of fused-ring (bicyclic) bond motifs is 9. The molecule has 3 heterocycles. The lowest BCUT2D eigenvalue weighted by atomic mass is 10.0. The second-order valence-electron chi connectivity index (χ2n) is 16.5. The van der Waals surface area contributed by atoms with Crippen molar-refractivity contribution in [1.82, 2.24) is 4.57 Å². The molecule has 0 amide bonds. The number of nitrogens with zero attached hydrogens (tertiary/aromatic N) is 3. The first-order valence-electron chi connectivity index (χ1n) is 22.0. The molecule has 0 atom stereocenters. The predicted molar refractivity (Wildman–Crippen MR) is 270 cm³/mol. The van der Waals surface area contributed by atoms with Crippen LogP contribution < -0.4 is 9.80 Å². The molecule has 0 saturated carbocycles. The highest BCUT2D eigenvalue weighted by Gasteiger charge is 2.26. The Hall–Kier alpha value is -8.80. The van der Waals surface area contributed by atoms with Gasteiger partial charge >= 0.3 is 0 Å². The van der Waals surface area contributed by atoms with Crippen molar-refractivity contribution in [3.63, 3.8) is 0 Å². The van der Waals surface area contributed by atoms with Gasteiger partial charge in [-0.05, 0) is 108 Å². The number of para-hydroxylation sites is 5. The van der Waals surface area contributed by atoms with Gasteiger partial charge in [0.2, 0.25) is 0 Å². The van der Waals surface area contributed by atoms with Gasteiger partial charge in [0.15, 0.2) is 0 Å². The van der Waals surface area contributed by atoms with Gasteiger partial charge in [0.05, 0.1) is 22.4 Å². The Morgan fingerprint density at radius 2 is 0.815 bits per heavy atom. The molecule has 65 heavy (non-hydrogen) atoms. The van der Waals surface area contributed by atoms with Gasteiger partial charge in [-0.3, -0.25) is 0 Å². The van der Waals surface area contributed by atoms with Crippen molar-refractivity contribution in [3.8, 4) is 16.8 Å². The number of aromatic nitrogens is 1. The van der Waals surface area contributed by atoms with Gasteiger partial charge in [-0.25, -0.2) is 0 Å². The highest BCUT2D eigenvalue weighted by Crippen LogP contribution is 2.49. The van der Waals surface area contributed by atoms with Gasteiger partial charge < -0.3 is 23.2 Å². The molecule has 5 heteroatoms. The minimum atomic E-state index is 0.838. The molecule has 0 saturated heterocycles. The summed E-state index contributed by atoms with van der Waals surface area (Å²) in [5.74, 6) is 0. The minimum Gasteiger partial charge on any atom is -0.456 e. The second kappa shape index (κ2) is 14.9. The Morgan fingerprint density at radius 1 is 0.292 bits per heavy atom. The van der Waals surface area contributed by atoms with E-state index >= 15 is 0 Å². The summed E-state index contributed by atoms with van der Waals surface area (Å²) in [7, 11) is 0. The summed E-state index contributed by atoms with van der Waals surface area (Å²) in [6.45, 7) is 0. The maximum absolute atomic E-state index is 6.53. The number of anilines is 6. The lowest BCUT2D eigenvalue weighted by Crippen LogP contribution is -2.14. The van der Waals surface area contributed by atoms with E-state index in [0.29, 0.717) is 0 Å². The summed E-state index contributed by atoms with van der Waals surface area (Å²) >= 11 is 0. The van der Waals surface area contributed by atoms with Crippen molar-refractivity contribution in [3.05, 3.63) is 237 Å². The largest absolute Gasteiger partial charge is 0.456 e. The summed E-state index contributed by atoms with van der Waals surface area (Å²) in [6, 6.07) is 84.1. The average molecular weight is 834 g/mol. The van der Waals surface area contributed by atoms with Gasteiger partial charge in [0.1, 0.15) is 22.3 Å². The van der Waals surface area contributed by atoms with Crippen LogP contribution in [0.15, 0.2) is 245 Å². The van der Waals surface area contributed by atoms with E-state index in [1.54, 1.807) is 0 Å². The fourth-order valence-electron chi connectivity index (χ4n) is 9.81. The van der Waals surface area contributed by atoms with Gasteiger partial charge in [0.25, 0.3) is 0 Å². The summed E-state index contributed by atoms with van der Waals surface area (Å²) in [4.78, 5) is 4.76. The molecular formula is C60H39N3O2. The third-order valence-electron chi connectivity index (χ3n) is 12.7. The summed E-state index contributed by atoms with van der Waals surface area (Å²) in [5, 5.41) is 6.64. The van der Waals surface area contributed by atoms with E-state index in [1.807, 2.05) is 24.3 Å². The lowest BCUT2D eigenvalue weighted by molar-refractivity contribution is 0.668. The van der Waals surface area contributed by atoms with E-state index in [2.05, 4.69) is 227 Å². The number of hydrogen-bond donors (Lipinski definition) is 0. The van der Waals surface area contributed by atoms with Crippen molar-refractivity contribution in [2.75, 3.05) is 9.80 Å². The molecule has 13 rings (SSSR count). The minimum absolute atomic E-state index is 0.838. The normalized spacial score (nSPS) is 11.7. The number of hydrogen-bond acceptors (Lipinski definition) is 4. The molecule has 5 nitrogen and oxygen atoms in total. The van der Waals surface area contributed by atoms with Crippen molar-refractivity contribution < 1.29 is 8.83 Å². The standard InChI is InChI=1S/C60H39N3O2/c1-4-16-40(17-5-1)41-28-30-44(31-29-41)63-53-25-13-10-24-51(53)60-54(62(43-20-8-3-9-21-43)45-33-35-58-52(36-45)49-23-12-15-27-57(49)64-58)37-47(38-55(60)63)61(42-18-6-2-7-19-42)46-32-34-50-48-22-11-14-26-56(48)65-59(50)39-46/h1-39H. The monoisotopic (exact) mass is 833 g/mol. The van der Waals surface area contributed by atoms with E-state index in [1.165, 1.54) is 11.1 Å². The van der Waals surface area contributed by atoms with Crippen LogP contribution in [0.4, 0.5) is 34.1 Å². The fraction of sp³-hybridized carbons (Fsp3) is 0. The van der Waals surface area contributed by atoms with Crippen LogP contribution in [0.2, 0.25) is 0 Å². The van der Waals surface area contributed by atoms with Gasteiger partial charge in [-0.2, -0.15) is 0 Å². The zero-order chi connectivity index (χ0) is 42.8. The van der Waals surface area contributed by atoms with Crippen LogP contribution >= 0.6 is 0 Å². The topological polar surface area (TPSA) is 37.7 Å². The van der Waals surface area contributed by atoms with Crippen LogP contribution in [0.1, 0.15) is 0 Å². The summed E-state index contributed by atoms with van der Waals surface area (Å²) < 4.78 is 15.3. The highest BCUT2D eigenvalue weighted by molar-refractivity contribution is 6.18. The van der Waals surface area contributed by atoms with Crippen molar-refractivity contribution >= 4 is 99.8 Å². The first kappa shape index (κ1) is 36.8. The van der Waals surface area contributed by atoms with Crippen LogP contribution in [0.25, 0.3) is 82.5 Å². The third-order valence-corrected chi connectivity index (χ3v) is 12.7. The third kappa shape index (κ3) is 6.09. The van der Waals surface area contributed by atoms with Crippen LogP contribution in [0, 0.1) is 0 Å². The Balaban J connectivity index is 1.13. The average Bonchev–Trinajstić information content (AvgIpc) is 4.04. The van der Waals surface area contributed by atoms with E-state index in [4.69, 9.17) is 8.83 Å². The molecule has 0 spiro atoms. The number of rotatable bonds is 8. The first-order chi connectivity index (χ1) is 32.2. The molecule has 0 bridgehead atoms. The first-order valence-corrected chi connectivity index (χ1v) is 22.0. The number of furan rings is 2. The Labute approximate surface area is 374 Å². The van der Waals surface area contributed by atoms with Gasteiger partial charge in [0, 0.05) is 66.8 Å². The van der Waals surface area contributed by atoms with Gasteiger partial charge in [-0.15, -0.1) is 0 Å². The second-order valence-corrected chi connectivity index (χ2v) is 16.5. The molecule has 306 valence electrons. The van der Waals surface area contributed by atoms with Crippen molar-refractivity contribution in [2.24, 2.45) is 0 Å². The van der Waals surface area contributed by atoms with Crippen molar-refractivity contribution in [1.29, 1.82) is 0 Å². The molecule has 0 aliphatic heterocycles.